The maximum absolute atomic E-state index is 5.94. The summed E-state index contributed by atoms with van der Waals surface area (Å²) in [5.74, 6) is 0.568. The van der Waals surface area contributed by atoms with Crippen LogP contribution < -0.4 is 0 Å². The van der Waals surface area contributed by atoms with E-state index in [4.69, 9.17) is 11.6 Å². The minimum absolute atomic E-state index is 0.568. The minimum Gasteiger partial charge on any atom is -0.0843 e. The first kappa shape index (κ1) is 10.6. The quantitative estimate of drug-likeness (QED) is 0.677. The van der Waals surface area contributed by atoms with Crippen LogP contribution in [-0.4, -0.2) is 0 Å². The average molecular weight is 196 g/mol. The van der Waals surface area contributed by atoms with Gasteiger partial charge >= 0.3 is 0 Å². The molecule has 0 saturated heterocycles. The molecule has 0 N–H and O–H groups in total. The third-order valence-corrected chi connectivity index (χ3v) is 2.41. The smallest absolute Gasteiger partial charge is 0.0408 e. The molecular weight excluding hydrogens is 180 g/mol. The van der Waals surface area contributed by atoms with Gasteiger partial charge in [0.1, 0.15) is 0 Å². The average Bonchev–Trinajstić information content (AvgIpc) is 2.04. The normalized spacial score (nSPS) is 10.8. The molecule has 0 amide bonds. The molecule has 0 bridgehead atoms. The Bertz CT molecular complexity index is 276. The van der Waals surface area contributed by atoms with Crippen LogP contribution in [0.5, 0.6) is 0 Å². The molecular formula is C12H16Cl. The van der Waals surface area contributed by atoms with E-state index in [2.05, 4.69) is 32.9 Å². The lowest BCUT2D eigenvalue weighted by molar-refractivity contribution is 0.833. The zero-order valence-electron chi connectivity index (χ0n) is 8.31. The zero-order valence-corrected chi connectivity index (χ0v) is 9.06. The maximum Gasteiger partial charge on any atom is 0.0408 e. The topological polar surface area (TPSA) is 0 Å². The second kappa shape index (κ2) is 4.66. The molecule has 0 atom stereocenters. The van der Waals surface area contributed by atoms with Crippen LogP contribution in [-0.2, 0) is 6.42 Å². The Kier molecular flexibility index (Phi) is 3.80. The van der Waals surface area contributed by atoms with Gasteiger partial charge in [-0.05, 0) is 42.0 Å². The molecule has 0 spiro atoms. The fraction of sp³-hybridized carbons (Fsp3) is 0.417. The third-order valence-electron chi connectivity index (χ3n) is 2.17. The zero-order chi connectivity index (χ0) is 9.84. The molecule has 71 valence electrons. The van der Waals surface area contributed by atoms with E-state index in [0.717, 1.165) is 17.9 Å². The van der Waals surface area contributed by atoms with Crippen LogP contribution in [0.15, 0.2) is 18.2 Å². The standard InChI is InChI=1S/C12H16Cl/c1-4-5-10-8-11(13)6-7-12(10)9(2)3/h6-9H,1,4-5H2,2-3H3. The number of halogens is 1. The van der Waals surface area contributed by atoms with Crippen LogP contribution in [0.1, 0.15) is 37.3 Å². The van der Waals surface area contributed by atoms with E-state index >= 15 is 0 Å². The molecule has 1 aromatic rings. The lowest BCUT2D eigenvalue weighted by Crippen LogP contribution is -1.95. The van der Waals surface area contributed by atoms with Gasteiger partial charge in [-0.15, -0.1) is 0 Å². The Balaban J connectivity index is 3.03. The molecule has 0 unspecified atom stereocenters. The molecule has 0 saturated carbocycles. The second-order valence-corrected chi connectivity index (χ2v) is 4.04. The molecule has 0 nitrogen and oxygen atoms in total. The lowest BCUT2D eigenvalue weighted by Gasteiger charge is -2.12. The Morgan fingerprint density at radius 2 is 2.08 bits per heavy atom. The molecule has 1 aromatic carbocycles. The third kappa shape index (κ3) is 2.73. The summed E-state index contributed by atoms with van der Waals surface area (Å²) in [7, 11) is 0. The molecule has 13 heavy (non-hydrogen) atoms. The van der Waals surface area contributed by atoms with Crippen molar-refractivity contribution < 1.29 is 0 Å². The van der Waals surface area contributed by atoms with Gasteiger partial charge in [0, 0.05) is 5.02 Å². The predicted molar refractivity (Wildman–Crippen MR) is 59.2 cm³/mol. The lowest BCUT2D eigenvalue weighted by atomic mass is 9.95. The van der Waals surface area contributed by atoms with Crippen molar-refractivity contribution in [1.29, 1.82) is 0 Å². The van der Waals surface area contributed by atoms with Crippen molar-refractivity contribution in [1.82, 2.24) is 0 Å². The maximum atomic E-state index is 5.94. The molecule has 0 aliphatic carbocycles. The van der Waals surface area contributed by atoms with E-state index in [-0.39, 0.29) is 0 Å². The number of hydrogen-bond acceptors (Lipinski definition) is 0. The van der Waals surface area contributed by atoms with Crippen LogP contribution in [0.4, 0.5) is 0 Å². The van der Waals surface area contributed by atoms with Crippen LogP contribution in [0.2, 0.25) is 5.02 Å². The summed E-state index contributed by atoms with van der Waals surface area (Å²) in [6, 6.07) is 6.14. The van der Waals surface area contributed by atoms with E-state index in [9.17, 15) is 0 Å². The van der Waals surface area contributed by atoms with Gasteiger partial charge in [0.05, 0.1) is 0 Å². The van der Waals surface area contributed by atoms with Crippen molar-refractivity contribution >= 4 is 11.6 Å². The van der Waals surface area contributed by atoms with E-state index in [0.29, 0.717) is 5.92 Å². The number of aryl methyl sites for hydroxylation is 1. The fourth-order valence-corrected chi connectivity index (χ4v) is 1.74. The van der Waals surface area contributed by atoms with Gasteiger partial charge in [0.2, 0.25) is 0 Å². The molecule has 1 heteroatoms. The Morgan fingerprint density at radius 1 is 1.38 bits per heavy atom. The first-order chi connectivity index (χ1) is 6.15. The predicted octanol–water partition coefficient (Wildman–Crippen LogP) is 4.23. The summed E-state index contributed by atoms with van der Waals surface area (Å²) in [5, 5.41) is 0.827. The van der Waals surface area contributed by atoms with Crippen molar-refractivity contribution in [3.8, 4) is 0 Å². The highest BCUT2D eigenvalue weighted by Crippen LogP contribution is 2.23. The Morgan fingerprint density at radius 3 is 2.62 bits per heavy atom. The molecule has 0 heterocycles. The van der Waals surface area contributed by atoms with E-state index < -0.39 is 0 Å². The van der Waals surface area contributed by atoms with Gasteiger partial charge in [-0.3, -0.25) is 0 Å². The van der Waals surface area contributed by atoms with Crippen molar-refractivity contribution in [3.05, 3.63) is 41.3 Å². The van der Waals surface area contributed by atoms with Crippen molar-refractivity contribution in [2.24, 2.45) is 0 Å². The van der Waals surface area contributed by atoms with Crippen molar-refractivity contribution in [3.63, 3.8) is 0 Å². The molecule has 0 aromatic heterocycles. The first-order valence-electron chi connectivity index (χ1n) is 4.72. The van der Waals surface area contributed by atoms with Crippen LogP contribution >= 0.6 is 11.6 Å². The summed E-state index contributed by atoms with van der Waals surface area (Å²) >= 11 is 5.94. The summed E-state index contributed by atoms with van der Waals surface area (Å²) in [6.45, 7) is 8.28. The monoisotopic (exact) mass is 195 g/mol. The highest BCUT2D eigenvalue weighted by Gasteiger charge is 2.05. The van der Waals surface area contributed by atoms with E-state index in [1.807, 2.05) is 6.07 Å². The van der Waals surface area contributed by atoms with Crippen molar-refractivity contribution in [2.45, 2.75) is 32.6 Å². The summed E-state index contributed by atoms with van der Waals surface area (Å²) in [4.78, 5) is 0. The Hall–Kier alpha value is -0.490. The second-order valence-electron chi connectivity index (χ2n) is 3.60. The summed E-state index contributed by atoms with van der Waals surface area (Å²) in [6.07, 6.45) is 1.95. The van der Waals surface area contributed by atoms with E-state index in [1.54, 1.807) is 0 Å². The van der Waals surface area contributed by atoms with Gasteiger partial charge < -0.3 is 0 Å². The number of benzene rings is 1. The molecule has 1 rings (SSSR count). The minimum atomic E-state index is 0.568. The van der Waals surface area contributed by atoms with Gasteiger partial charge in [-0.2, -0.15) is 0 Å². The molecule has 0 aliphatic heterocycles. The molecule has 0 aliphatic rings. The van der Waals surface area contributed by atoms with Crippen LogP contribution in [0, 0.1) is 6.92 Å². The summed E-state index contributed by atoms with van der Waals surface area (Å²) < 4.78 is 0. The molecule has 0 fully saturated rings. The first-order valence-corrected chi connectivity index (χ1v) is 5.10. The van der Waals surface area contributed by atoms with Crippen LogP contribution in [0.25, 0.3) is 0 Å². The van der Waals surface area contributed by atoms with E-state index in [1.165, 1.54) is 11.1 Å². The SMILES string of the molecule is [CH2]CCc1cc(Cl)ccc1C(C)C. The highest BCUT2D eigenvalue weighted by atomic mass is 35.5. The van der Waals surface area contributed by atoms with Crippen LogP contribution in [0.3, 0.4) is 0 Å². The fourth-order valence-electron chi connectivity index (χ4n) is 1.54. The van der Waals surface area contributed by atoms with Gasteiger partial charge in [0.15, 0.2) is 0 Å². The van der Waals surface area contributed by atoms with Gasteiger partial charge in [-0.1, -0.05) is 38.4 Å². The largest absolute Gasteiger partial charge is 0.0843 e. The Labute approximate surface area is 85.9 Å². The van der Waals surface area contributed by atoms with Gasteiger partial charge in [0.25, 0.3) is 0 Å². The highest BCUT2D eigenvalue weighted by molar-refractivity contribution is 6.30. The molecule has 1 radical (unpaired) electrons. The van der Waals surface area contributed by atoms with Gasteiger partial charge in [-0.25, -0.2) is 0 Å². The number of hydrogen-bond donors (Lipinski definition) is 0. The van der Waals surface area contributed by atoms with Crippen molar-refractivity contribution in [2.75, 3.05) is 0 Å². The summed E-state index contributed by atoms with van der Waals surface area (Å²) in [5.41, 5.74) is 2.74. The number of rotatable bonds is 3.